The van der Waals surface area contributed by atoms with Crippen LogP contribution in [-0.4, -0.2) is 24.7 Å². The molecule has 0 bridgehead atoms. The molecule has 2 rings (SSSR count). The van der Waals surface area contributed by atoms with Crippen molar-refractivity contribution in [3.63, 3.8) is 0 Å². The molecule has 4 nitrogen and oxygen atoms in total. The summed E-state index contributed by atoms with van der Waals surface area (Å²) in [6.45, 7) is 0. The zero-order chi connectivity index (χ0) is 11.4. The van der Waals surface area contributed by atoms with Gasteiger partial charge in [-0.25, -0.2) is 0 Å². The van der Waals surface area contributed by atoms with Crippen LogP contribution in [0, 0.1) is 0 Å². The predicted octanol–water partition coefficient (Wildman–Crippen LogP) is 0.0833. The van der Waals surface area contributed by atoms with Crippen molar-refractivity contribution in [3.8, 4) is 0 Å². The van der Waals surface area contributed by atoms with Gasteiger partial charge in [0.2, 0.25) is 0 Å². The largest absolute Gasteiger partial charge is 0.412 e. The molecular weight excluding hydrogens is 229 g/mol. The van der Waals surface area contributed by atoms with E-state index in [1.54, 1.807) is 36.4 Å². The van der Waals surface area contributed by atoms with Gasteiger partial charge in [0.25, 0.3) is 5.91 Å². The standard InChI is InChI=1S/C13H10BNO.2H2O/c14-11-7-4-8-12(9-11)15-13(16)10-5-2-1-3-6-10;;/h1-9H,(H,15,16);2*1H2. The lowest BCUT2D eigenvalue weighted by molar-refractivity contribution is 0.102. The van der Waals surface area contributed by atoms with Crippen LogP contribution in [0.1, 0.15) is 10.4 Å². The summed E-state index contributed by atoms with van der Waals surface area (Å²) in [6.07, 6.45) is 0. The average Bonchev–Trinajstić information content (AvgIpc) is 2.30. The summed E-state index contributed by atoms with van der Waals surface area (Å²) >= 11 is 0. The molecule has 1 amide bonds. The average molecular weight is 243 g/mol. The van der Waals surface area contributed by atoms with Crippen LogP contribution >= 0.6 is 0 Å². The summed E-state index contributed by atoms with van der Waals surface area (Å²) < 4.78 is 0. The molecule has 0 unspecified atom stereocenters. The van der Waals surface area contributed by atoms with Crippen molar-refractivity contribution in [1.29, 1.82) is 0 Å². The number of benzene rings is 2. The maximum Gasteiger partial charge on any atom is 0.255 e. The van der Waals surface area contributed by atoms with E-state index in [2.05, 4.69) is 5.32 Å². The first-order chi connectivity index (χ1) is 7.75. The molecule has 0 aliphatic carbocycles. The van der Waals surface area contributed by atoms with Crippen LogP contribution in [0.3, 0.4) is 0 Å². The Labute approximate surface area is 107 Å². The number of rotatable bonds is 2. The Morgan fingerprint density at radius 2 is 1.61 bits per heavy atom. The van der Waals surface area contributed by atoms with E-state index in [0.29, 0.717) is 16.7 Å². The van der Waals surface area contributed by atoms with Crippen molar-refractivity contribution in [2.45, 2.75) is 0 Å². The first-order valence-electron chi connectivity index (χ1n) is 4.97. The number of amides is 1. The molecule has 2 aromatic rings. The van der Waals surface area contributed by atoms with Crippen LogP contribution < -0.4 is 10.8 Å². The topological polar surface area (TPSA) is 92.1 Å². The monoisotopic (exact) mass is 243 g/mol. The van der Waals surface area contributed by atoms with Gasteiger partial charge in [-0.15, -0.1) is 0 Å². The molecule has 5 heteroatoms. The highest BCUT2D eigenvalue weighted by Crippen LogP contribution is 2.07. The quantitative estimate of drug-likeness (QED) is 0.743. The van der Waals surface area contributed by atoms with Gasteiger partial charge in [-0.3, -0.25) is 4.79 Å². The normalized spacial score (nSPS) is 8.67. The first-order valence-corrected chi connectivity index (χ1v) is 4.97. The fourth-order valence-electron chi connectivity index (χ4n) is 1.41. The lowest BCUT2D eigenvalue weighted by atomic mass is 9.96. The molecule has 0 aliphatic rings. The van der Waals surface area contributed by atoms with Crippen LogP contribution in [0.4, 0.5) is 5.69 Å². The Morgan fingerprint density at radius 1 is 0.944 bits per heavy atom. The third kappa shape index (κ3) is 4.05. The smallest absolute Gasteiger partial charge is 0.255 e. The van der Waals surface area contributed by atoms with Gasteiger partial charge >= 0.3 is 0 Å². The maximum absolute atomic E-state index is 11.8. The molecule has 0 atom stereocenters. The number of carbonyl (C=O) groups excluding carboxylic acids is 1. The summed E-state index contributed by atoms with van der Waals surface area (Å²) in [5.41, 5.74) is 1.96. The highest BCUT2D eigenvalue weighted by atomic mass is 16.1. The molecule has 2 aromatic carbocycles. The molecule has 92 valence electrons. The van der Waals surface area contributed by atoms with Crippen LogP contribution in [0.5, 0.6) is 0 Å². The molecule has 0 aromatic heterocycles. The Bertz CT molecular complexity index is 503. The van der Waals surface area contributed by atoms with Crippen LogP contribution in [0.15, 0.2) is 54.6 Å². The molecule has 0 spiro atoms. The van der Waals surface area contributed by atoms with Crippen molar-refractivity contribution in [1.82, 2.24) is 0 Å². The highest BCUT2D eigenvalue weighted by molar-refractivity contribution is 6.32. The molecule has 0 saturated carbocycles. The van der Waals surface area contributed by atoms with E-state index in [-0.39, 0.29) is 16.9 Å². The van der Waals surface area contributed by atoms with E-state index < -0.39 is 0 Å². The van der Waals surface area contributed by atoms with E-state index in [4.69, 9.17) is 7.85 Å². The molecule has 0 saturated heterocycles. The SMILES string of the molecule is O.O.[B]c1cccc(NC(=O)c2ccccc2)c1. The molecule has 5 N–H and O–H groups in total. The zero-order valence-electron chi connectivity index (χ0n) is 9.68. The number of hydrogen-bond acceptors (Lipinski definition) is 1. The highest BCUT2D eigenvalue weighted by Gasteiger charge is 2.04. The van der Waals surface area contributed by atoms with Gasteiger partial charge < -0.3 is 16.3 Å². The maximum atomic E-state index is 11.8. The minimum Gasteiger partial charge on any atom is -0.412 e. The lowest BCUT2D eigenvalue weighted by Crippen LogP contribution is -2.13. The molecule has 0 heterocycles. The van der Waals surface area contributed by atoms with Crippen molar-refractivity contribution < 1.29 is 15.7 Å². The van der Waals surface area contributed by atoms with Crippen molar-refractivity contribution >= 4 is 24.9 Å². The van der Waals surface area contributed by atoms with Crippen molar-refractivity contribution in [2.24, 2.45) is 0 Å². The van der Waals surface area contributed by atoms with Crippen LogP contribution in [0.2, 0.25) is 0 Å². The number of hydrogen-bond donors (Lipinski definition) is 1. The van der Waals surface area contributed by atoms with E-state index in [1.165, 1.54) is 0 Å². The van der Waals surface area contributed by atoms with Gasteiger partial charge in [0, 0.05) is 11.3 Å². The molecule has 18 heavy (non-hydrogen) atoms. The predicted molar refractivity (Wildman–Crippen MR) is 73.5 cm³/mol. The lowest BCUT2D eigenvalue weighted by Gasteiger charge is -2.05. The van der Waals surface area contributed by atoms with E-state index in [9.17, 15) is 4.79 Å². The van der Waals surface area contributed by atoms with E-state index >= 15 is 0 Å². The first kappa shape index (κ1) is 15.9. The Balaban J connectivity index is 0.00000144. The number of carbonyl (C=O) groups is 1. The molecule has 2 radical (unpaired) electrons. The summed E-state index contributed by atoms with van der Waals surface area (Å²) in [7, 11) is 5.62. The van der Waals surface area contributed by atoms with Gasteiger partial charge in [-0.05, 0) is 24.3 Å². The molecular formula is C13H14BNO3. The Morgan fingerprint density at radius 3 is 2.22 bits per heavy atom. The Kier molecular flexibility index (Phi) is 6.42. The summed E-state index contributed by atoms with van der Waals surface area (Å²) in [5, 5.41) is 2.78. The van der Waals surface area contributed by atoms with Crippen LogP contribution in [-0.2, 0) is 0 Å². The van der Waals surface area contributed by atoms with Gasteiger partial charge in [-0.1, -0.05) is 35.8 Å². The summed E-state index contributed by atoms with van der Waals surface area (Å²) in [5.74, 6) is -0.133. The van der Waals surface area contributed by atoms with E-state index in [0.717, 1.165) is 0 Å². The Hall–Kier alpha value is -2.11. The van der Waals surface area contributed by atoms with Crippen molar-refractivity contribution in [2.75, 3.05) is 5.32 Å². The second-order valence-electron chi connectivity index (χ2n) is 3.45. The van der Waals surface area contributed by atoms with Gasteiger partial charge in [0.05, 0.1) is 0 Å². The van der Waals surface area contributed by atoms with Crippen molar-refractivity contribution in [3.05, 3.63) is 60.2 Å². The second-order valence-corrected chi connectivity index (χ2v) is 3.45. The number of anilines is 1. The fourth-order valence-corrected chi connectivity index (χ4v) is 1.41. The van der Waals surface area contributed by atoms with E-state index in [1.807, 2.05) is 18.2 Å². The molecule has 0 fully saturated rings. The van der Waals surface area contributed by atoms with Gasteiger partial charge in [0.1, 0.15) is 7.85 Å². The fraction of sp³-hybridized carbons (Fsp3) is 0. The van der Waals surface area contributed by atoms with Gasteiger partial charge in [0.15, 0.2) is 0 Å². The minimum atomic E-state index is -0.133. The third-order valence-electron chi connectivity index (χ3n) is 2.18. The minimum absolute atomic E-state index is 0. The van der Waals surface area contributed by atoms with Gasteiger partial charge in [-0.2, -0.15) is 0 Å². The molecule has 0 aliphatic heterocycles. The summed E-state index contributed by atoms with van der Waals surface area (Å²) in [6, 6.07) is 16.2. The third-order valence-corrected chi connectivity index (χ3v) is 2.18. The number of nitrogens with one attached hydrogen (secondary N) is 1. The van der Waals surface area contributed by atoms with Crippen LogP contribution in [0.25, 0.3) is 0 Å². The second kappa shape index (κ2) is 7.27. The zero-order valence-corrected chi connectivity index (χ0v) is 9.68. The summed E-state index contributed by atoms with van der Waals surface area (Å²) in [4.78, 5) is 11.8.